The van der Waals surface area contributed by atoms with Crippen molar-refractivity contribution in [2.75, 3.05) is 6.61 Å². The molecule has 2 saturated carbocycles. The number of hydrogen-bond acceptors (Lipinski definition) is 9. The molecule has 10 fully saturated rings. The standard InChI is InChI=1S/C34H54O9/c1-18-7-9-25-20(3)27(36-29-33(25)23(18)11-13-31(5,38-29)40-42-33)15-22(17-35)16-28-21(4)26-10-8-19(2)24-12-14-32(6)39-30(37-28)34(24,26)43-41-32/h18-30,35H,7-17H2,1-6H3/t18-,19-,20-,21-,22?,23+,24+,25+,26+,27-,28?,29-,30-,31-,32+,33-,34-/m1/s1. The van der Waals surface area contributed by atoms with E-state index < -0.39 is 35.4 Å². The molecule has 17 atom stereocenters. The highest BCUT2D eigenvalue weighted by Crippen LogP contribution is 2.63. The molecule has 9 heteroatoms. The first-order valence-electron chi connectivity index (χ1n) is 17.5. The molecular weight excluding hydrogens is 552 g/mol. The summed E-state index contributed by atoms with van der Waals surface area (Å²) >= 11 is 0. The van der Waals surface area contributed by atoms with Crippen molar-refractivity contribution in [3.63, 3.8) is 0 Å². The van der Waals surface area contributed by atoms with E-state index in [-0.39, 0.29) is 48.4 Å². The van der Waals surface area contributed by atoms with Gasteiger partial charge in [-0.25, -0.2) is 19.6 Å². The summed E-state index contributed by atoms with van der Waals surface area (Å²) < 4.78 is 27.0. The van der Waals surface area contributed by atoms with E-state index in [9.17, 15) is 5.11 Å². The van der Waals surface area contributed by atoms with E-state index in [1.807, 2.05) is 13.8 Å². The van der Waals surface area contributed by atoms with Gasteiger partial charge in [0, 0.05) is 31.3 Å². The van der Waals surface area contributed by atoms with Gasteiger partial charge in [-0.15, -0.1) is 0 Å². The number of ether oxygens (including phenoxy) is 4. The highest BCUT2D eigenvalue weighted by atomic mass is 17.3. The molecule has 2 unspecified atom stereocenters. The molecule has 0 radical (unpaired) electrons. The van der Waals surface area contributed by atoms with Crippen molar-refractivity contribution >= 4 is 0 Å². The van der Waals surface area contributed by atoms with E-state index in [1.54, 1.807) is 0 Å². The fourth-order valence-electron chi connectivity index (χ4n) is 11.4. The zero-order chi connectivity index (χ0) is 29.9. The number of aliphatic hydroxyl groups excluding tert-OH is 1. The van der Waals surface area contributed by atoms with Gasteiger partial charge in [0.25, 0.3) is 0 Å². The Bertz CT molecular complexity index is 994. The minimum atomic E-state index is -0.782. The fraction of sp³-hybridized carbons (Fsp3) is 1.00. The Morgan fingerprint density at radius 2 is 1.05 bits per heavy atom. The van der Waals surface area contributed by atoms with Crippen molar-refractivity contribution in [1.82, 2.24) is 0 Å². The molecule has 8 aliphatic heterocycles. The van der Waals surface area contributed by atoms with Crippen LogP contribution in [-0.2, 0) is 38.5 Å². The molecule has 4 bridgehead atoms. The molecule has 1 N–H and O–H groups in total. The summed E-state index contributed by atoms with van der Waals surface area (Å²) in [7, 11) is 0. The van der Waals surface area contributed by atoms with E-state index in [1.165, 1.54) is 12.8 Å². The summed E-state index contributed by atoms with van der Waals surface area (Å²) in [6.07, 6.45) is 8.74. The number of hydrogen-bond donors (Lipinski definition) is 1. The van der Waals surface area contributed by atoms with Crippen LogP contribution in [-0.4, -0.2) is 59.3 Å². The lowest BCUT2D eigenvalue weighted by molar-refractivity contribution is -0.571. The monoisotopic (exact) mass is 606 g/mol. The van der Waals surface area contributed by atoms with Gasteiger partial charge in [0.2, 0.25) is 11.6 Å². The lowest BCUT2D eigenvalue weighted by Crippen LogP contribution is -2.70. The van der Waals surface area contributed by atoms with Crippen LogP contribution < -0.4 is 0 Å². The summed E-state index contributed by atoms with van der Waals surface area (Å²) in [6, 6.07) is 0. The van der Waals surface area contributed by atoms with Gasteiger partial charge in [0.05, 0.1) is 12.2 Å². The Kier molecular flexibility index (Phi) is 7.20. The second kappa shape index (κ2) is 10.3. The molecule has 0 amide bonds. The van der Waals surface area contributed by atoms with Gasteiger partial charge in [0.1, 0.15) is 0 Å². The van der Waals surface area contributed by atoms with Crippen molar-refractivity contribution in [1.29, 1.82) is 0 Å². The molecule has 10 rings (SSSR count). The van der Waals surface area contributed by atoms with E-state index in [0.29, 0.717) is 23.7 Å². The molecule has 2 aliphatic carbocycles. The Hall–Kier alpha value is -0.360. The average molecular weight is 607 g/mol. The van der Waals surface area contributed by atoms with Crippen molar-refractivity contribution in [2.24, 2.45) is 53.3 Å². The molecular formula is C34H54O9. The van der Waals surface area contributed by atoms with Crippen molar-refractivity contribution < 1.29 is 43.6 Å². The van der Waals surface area contributed by atoms with Gasteiger partial charge >= 0.3 is 0 Å². The van der Waals surface area contributed by atoms with Crippen molar-refractivity contribution in [2.45, 2.75) is 153 Å². The molecule has 8 saturated heterocycles. The third-order valence-corrected chi connectivity index (χ3v) is 14.0. The molecule has 9 nitrogen and oxygen atoms in total. The maximum atomic E-state index is 10.8. The number of rotatable bonds is 5. The number of aliphatic hydroxyl groups is 1. The first kappa shape index (κ1) is 30.0. The highest BCUT2D eigenvalue weighted by molar-refractivity contribution is 5.11. The molecule has 10 aliphatic rings. The predicted molar refractivity (Wildman–Crippen MR) is 153 cm³/mol. The Morgan fingerprint density at radius 3 is 1.47 bits per heavy atom. The first-order chi connectivity index (χ1) is 20.5. The second-order valence-electron chi connectivity index (χ2n) is 16.4. The molecule has 8 heterocycles. The van der Waals surface area contributed by atoms with Crippen molar-refractivity contribution in [3.8, 4) is 0 Å². The van der Waals surface area contributed by atoms with Crippen LogP contribution in [0.5, 0.6) is 0 Å². The lowest BCUT2D eigenvalue weighted by Gasteiger charge is -2.61. The van der Waals surface area contributed by atoms with Gasteiger partial charge in [-0.05, 0) is 107 Å². The largest absolute Gasteiger partial charge is 0.396 e. The molecule has 0 aromatic rings. The summed E-state index contributed by atoms with van der Waals surface area (Å²) in [4.78, 5) is 24.7. The van der Waals surface area contributed by atoms with Crippen LogP contribution in [0.3, 0.4) is 0 Å². The maximum absolute atomic E-state index is 10.8. The quantitative estimate of drug-likeness (QED) is 0.385. The summed E-state index contributed by atoms with van der Waals surface area (Å²) in [5.74, 6) is 1.35. The van der Waals surface area contributed by atoms with Crippen molar-refractivity contribution in [3.05, 3.63) is 0 Å². The third-order valence-electron chi connectivity index (χ3n) is 14.0. The van der Waals surface area contributed by atoms with Crippen LogP contribution in [0.1, 0.15) is 106 Å². The van der Waals surface area contributed by atoms with Crippen LogP contribution in [0.4, 0.5) is 0 Å². The molecule has 0 aromatic heterocycles. The van der Waals surface area contributed by atoms with E-state index in [4.69, 9.17) is 38.5 Å². The summed E-state index contributed by atoms with van der Waals surface area (Å²) in [6.45, 7) is 13.4. The summed E-state index contributed by atoms with van der Waals surface area (Å²) in [5.41, 5.74) is -1.12. The van der Waals surface area contributed by atoms with Gasteiger partial charge < -0.3 is 24.1 Å². The Morgan fingerprint density at radius 1 is 0.605 bits per heavy atom. The van der Waals surface area contributed by atoms with Gasteiger partial charge in [-0.2, -0.15) is 0 Å². The van der Waals surface area contributed by atoms with Gasteiger partial charge in [-0.3, -0.25) is 0 Å². The zero-order valence-corrected chi connectivity index (χ0v) is 27.0. The van der Waals surface area contributed by atoms with Gasteiger partial charge in [0.15, 0.2) is 23.8 Å². The van der Waals surface area contributed by atoms with Crippen LogP contribution in [0.25, 0.3) is 0 Å². The summed E-state index contributed by atoms with van der Waals surface area (Å²) in [5, 5.41) is 10.8. The minimum Gasteiger partial charge on any atom is -0.396 e. The number of fused-ring (bicyclic) bond motifs is 4. The normalized spacial score (nSPS) is 59.5. The smallest absolute Gasteiger partial charge is 0.201 e. The SMILES string of the molecule is C[C@H]1[C@@H](CC(CO)CC2O[C@@H]3O[C@]4(C)CC[C@H]5[C@H](C)CC[C@@H]([C@H]2C)[C@@]35OO4)O[C@@H]2O[C@@]3(C)CC[C@H]4[C@H](C)CC[C@@H]1[C@@]24OO3. The average Bonchev–Trinajstić information content (AvgIpc) is 3.35. The van der Waals surface area contributed by atoms with E-state index >= 15 is 0 Å². The van der Waals surface area contributed by atoms with Crippen LogP contribution in [0, 0.1) is 53.3 Å². The van der Waals surface area contributed by atoms with E-state index in [0.717, 1.165) is 51.4 Å². The third kappa shape index (κ3) is 4.28. The first-order valence-corrected chi connectivity index (χ1v) is 17.5. The fourth-order valence-corrected chi connectivity index (χ4v) is 11.4. The van der Waals surface area contributed by atoms with Crippen LogP contribution in [0.2, 0.25) is 0 Å². The minimum absolute atomic E-state index is 0.0334. The Balaban J connectivity index is 1.02. The predicted octanol–water partition coefficient (Wildman–Crippen LogP) is 5.88. The maximum Gasteiger partial charge on any atom is 0.201 e. The van der Waals surface area contributed by atoms with Crippen LogP contribution >= 0.6 is 0 Å². The highest BCUT2D eigenvalue weighted by Gasteiger charge is 2.71. The lowest BCUT2D eigenvalue weighted by atomic mass is 9.56. The van der Waals surface area contributed by atoms with Gasteiger partial charge in [-0.1, -0.05) is 27.7 Å². The topological polar surface area (TPSA) is 94.1 Å². The zero-order valence-electron chi connectivity index (χ0n) is 27.0. The van der Waals surface area contributed by atoms with Crippen LogP contribution in [0.15, 0.2) is 0 Å². The molecule has 2 spiro atoms. The second-order valence-corrected chi connectivity index (χ2v) is 16.4. The Labute approximate surface area is 256 Å². The van der Waals surface area contributed by atoms with E-state index in [2.05, 4.69) is 27.7 Å². The molecule has 43 heavy (non-hydrogen) atoms. The molecule has 244 valence electrons. The molecule has 0 aromatic carbocycles.